The summed E-state index contributed by atoms with van der Waals surface area (Å²) >= 11 is 0. The first-order chi connectivity index (χ1) is 14.9. The van der Waals surface area contributed by atoms with Crippen LogP contribution in [0.25, 0.3) is 0 Å². The second-order valence-corrected chi connectivity index (χ2v) is 9.51. The number of rotatable bonds is 5. The minimum Gasteiger partial charge on any atom is -0.450 e. The lowest BCUT2D eigenvalue weighted by Gasteiger charge is -2.63. The Morgan fingerprint density at radius 2 is 1.91 bits per heavy atom. The second-order valence-electron chi connectivity index (χ2n) is 9.51. The lowest BCUT2D eigenvalue weighted by Crippen LogP contribution is -2.72. The summed E-state index contributed by atoms with van der Waals surface area (Å²) in [5.41, 5.74) is 0.239. The fourth-order valence-corrected chi connectivity index (χ4v) is 5.64. The van der Waals surface area contributed by atoms with Gasteiger partial charge in [0.1, 0.15) is 6.54 Å². The highest BCUT2D eigenvalue weighted by Gasteiger charge is 2.66. The molecular formula is C22H38IN5O4. The van der Waals surface area contributed by atoms with Crippen molar-refractivity contribution in [1.82, 2.24) is 20.4 Å². The van der Waals surface area contributed by atoms with Crippen molar-refractivity contribution in [2.45, 2.75) is 63.6 Å². The summed E-state index contributed by atoms with van der Waals surface area (Å²) in [4.78, 5) is 32.1. The Morgan fingerprint density at radius 3 is 2.50 bits per heavy atom. The van der Waals surface area contributed by atoms with Crippen LogP contribution in [0.1, 0.15) is 45.4 Å². The monoisotopic (exact) mass is 563 g/mol. The van der Waals surface area contributed by atoms with Crippen LogP contribution in [-0.4, -0.2) is 92.9 Å². The summed E-state index contributed by atoms with van der Waals surface area (Å²) < 4.78 is 11.2. The summed E-state index contributed by atoms with van der Waals surface area (Å²) in [5, 5.41) is 7.25. The SMILES string of the molecule is CCOC(=O)N1CCC(NC(=NCC(=O)N(C)C)NC2C3CCOC3C23CCC3)CC1.I. The lowest BCUT2D eigenvalue weighted by molar-refractivity contribution is -0.171. The maximum absolute atomic E-state index is 12.2. The Hall–Kier alpha value is -1.30. The standard InChI is InChI=1S/C22H37N5O4.HI/c1-4-30-21(29)27-11-6-15(7-12-27)24-20(23-14-17(28)26(2)3)25-18-16-8-13-31-19(16)22(18)9-5-10-22;/h15-16,18-19H,4-14H2,1-3H3,(H2,23,24,25);1H. The number of ether oxygens (including phenoxy) is 2. The van der Waals surface area contributed by atoms with Gasteiger partial charge in [-0.15, -0.1) is 24.0 Å². The van der Waals surface area contributed by atoms with Gasteiger partial charge in [0, 0.05) is 57.2 Å². The summed E-state index contributed by atoms with van der Waals surface area (Å²) in [6.45, 7) is 4.51. The molecule has 0 aromatic heterocycles. The molecule has 9 nitrogen and oxygen atoms in total. The number of likely N-dealkylation sites (N-methyl/N-ethyl adjacent to an activating group) is 1. The van der Waals surface area contributed by atoms with Crippen LogP contribution in [0.4, 0.5) is 4.79 Å². The molecule has 4 fully saturated rings. The van der Waals surface area contributed by atoms with Gasteiger partial charge in [0.2, 0.25) is 5.91 Å². The third-order valence-electron chi connectivity index (χ3n) is 7.56. The van der Waals surface area contributed by atoms with Gasteiger partial charge in [0.25, 0.3) is 0 Å². The average Bonchev–Trinajstić information content (AvgIpc) is 3.14. The van der Waals surface area contributed by atoms with Crippen LogP contribution in [0, 0.1) is 11.3 Å². The maximum atomic E-state index is 12.2. The van der Waals surface area contributed by atoms with E-state index in [1.54, 1.807) is 23.9 Å². The normalized spacial score (nSPS) is 28.7. The zero-order chi connectivity index (χ0) is 22.0. The van der Waals surface area contributed by atoms with Crippen molar-refractivity contribution in [2.75, 3.05) is 46.9 Å². The Bertz CT molecular complexity index is 706. The molecule has 2 N–H and O–H groups in total. The van der Waals surface area contributed by atoms with E-state index >= 15 is 0 Å². The molecule has 2 saturated heterocycles. The lowest BCUT2D eigenvalue weighted by atomic mass is 9.46. The van der Waals surface area contributed by atoms with Gasteiger partial charge in [-0.25, -0.2) is 9.79 Å². The fraction of sp³-hybridized carbons (Fsp3) is 0.864. The largest absolute Gasteiger partial charge is 0.450 e. The van der Waals surface area contributed by atoms with Gasteiger partial charge < -0.3 is 29.9 Å². The number of likely N-dealkylation sites (tertiary alicyclic amines) is 1. The van der Waals surface area contributed by atoms with Crippen LogP contribution in [0.15, 0.2) is 4.99 Å². The Morgan fingerprint density at radius 1 is 1.19 bits per heavy atom. The molecule has 2 heterocycles. The summed E-state index contributed by atoms with van der Waals surface area (Å²) in [6, 6.07) is 0.563. The van der Waals surface area contributed by atoms with Crippen molar-refractivity contribution in [3.05, 3.63) is 0 Å². The zero-order valence-corrected chi connectivity index (χ0v) is 21.8. The quantitative estimate of drug-likeness (QED) is 0.301. The van der Waals surface area contributed by atoms with Gasteiger partial charge in [-0.05, 0) is 39.0 Å². The number of piperidine rings is 1. The number of hydrogen-bond acceptors (Lipinski definition) is 5. The van der Waals surface area contributed by atoms with Crippen LogP contribution in [0.5, 0.6) is 0 Å². The number of nitrogens with one attached hydrogen (secondary N) is 2. The molecule has 2 saturated carbocycles. The van der Waals surface area contributed by atoms with Crippen molar-refractivity contribution in [3.63, 3.8) is 0 Å². The van der Waals surface area contributed by atoms with Crippen LogP contribution in [0.3, 0.4) is 0 Å². The molecular weight excluding hydrogens is 525 g/mol. The van der Waals surface area contributed by atoms with E-state index in [1.807, 2.05) is 6.92 Å². The molecule has 32 heavy (non-hydrogen) atoms. The molecule has 0 bridgehead atoms. The molecule has 2 aliphatic heterocycles. The number of fused-ring (bicyclic) bond motifs is 2. The maximum Gasteiger partial charge on any atom is 0.409 e. The minimum absolute atomic E-state index is 0. The third kappa shape index (κ3) is 4.95. The number of amides is 2. The smallest absolute Gasteiger partial charge is 0.409 e. The van der Waals surface area contributed by atoms with Crippen LogP contribution < -0.4 is 10.6 Å². The van der Waals surface area contributed by atoms with Gasteiger partial charge in [0.15, 0.2) is 5.96 Å². The predicted molar refractivity (Wildman–Crippen MR) is 132 cm³/mol. The molecule has 4 rings (SSSR count). The van der Waals surface area contributed by atoms with Gasteiger partial charge in [0.05, 0.1) is 12.7 Å². The molecule has 0 aromatic carbocycles. The minimum atomic E-state index is -0.238. The van der Waals surface area contributed by atoms with E-state index in [4.69, 9.17) is 9.47 Å². The highest BCUT2D eigenvalue weighted by molar-refractivity contribution is 14.0. The number of halogens is 1. The van der Waals surface area contributed by atoms with Crippen molar-refractivity contribution in [3.8, 4) is 0 Å². The fourth-order valence-electron chi connectivity index (χ4n) is 5.64. The predicted octanol–water partition coefficient (Wildman–Crippen LogP) is 1.81. The van der Waals surface area contributed by atoms with Gasteiger partial charge in [-0.3, -0.25) is 4.79 Å². The van der Waals surface area contributed by atoms with Gasteiger partial charge >= 0.3 is 6.09 Å². The number of guanidine groups is 1. The Kier molecular flexibility index (Phi) is 8.51. The molecule has 4 aliphatic rings. The first-order valence-corrected chi connectivity index (χ1v) is 11.8. The zero-order valence-electron chi connectivity index (χ0n) is 19.5. The molecule has 1 spiro atoms. The number of hydrogen-bond donors (Lipinski definition) is 2. The van der Waals surface area contributed by atoms with Gasteiger partial charge in [-0.2, -0.15) is 0 Å². The molecule has 10 heteroatoms. The Labute approximate surface area is 208 Å². The molecule has 0 radical (unpaired) electrons. The summed E-state index contributed by atoms with van der Waals surface area (Å²) in [5.74, 6) is 1.22. The summed E-state index contributed by atoms with van der Waals surface area (Å²) in [6.07, 6.45) is 6.55. The second kappa shape index (κ2) is 10.8. The molecule has 182 valence electrons. The van der Waals surface area contributed by atoms with E-state index in [2.05, 4.69) is 15.6 Å². The number of aliphatic imine (C=N–C) groups is 1. The Balaban J connectivity index is 0.00000289. The van der Waals surface area contributed by atoms with Gasteiger partial charge in [-0.1, -0.05) is 6.42 Å². The van der Waals surface area contributed by atoms with Crippen LogP contribution in [-0.2, 0) is 14.3 Å². The van der Waals surface area contributed by atoms with Crippen molar-refractivity contribution in [1.29, 1.82) is 0 Å². The highest BCUT2D eigenvalue weighted by atomic mass is 127. The number of carbonyl (C=O) groups excluding carboxylic acids is 2. The topological polar surface area (TPSA) is 95.5 Å². The van der Waals surface area contributed by atoms with Crippen LogP contribution >= 0.6 is 24.0 Å². The van der Waals surface area contributed by atoms with Crippen LogP contribution in [0.2, 0.25) is 0 Å². The molecule has 2 amide bonds. The summed E-state index contributed by atoms with van der Waals surface area (Å²) in [7, 11) is 3.50. The first-order valence-electron chi connectivity index (χ1n) is 11.8. The number of carbonyl (C=O) groups is 2. The van der Waals surface area contributed by atoms with E-state index in [0.717, 1.165) is 25.9 Å². The molecule has 3 atom stereocenters. The van der Waals surface area contributed by atoms with Crippen molar-refractivity contribution >= 4 is 41.9 Å². The molecule has 2 aliphatic carbocycles. The molecule has 3 unspecified atom stereocenters. The van der Waals surface area contributed by atoms with E-state index in [-0.39, 0.29) is 54.0 Å². The van der Waals surface area contributed by atoms with Crippen molar-refractivity contribution in [2.24, 2.45) is 16.3 Å². The molecule has 0 aromatic rings. The third-order valence-corrected chi connectivity index (χ3v) is 7.56. The highest BCUT2D eigenvalue weighted by Crippen LogP contribution is 2.62. The van der Waals surface area contributed by atoms with Crippen molar-refractivity contribution < 1.29 is 19.1 Å². The van der Waals surface area contributed by atoms with E-state index in [0.29, 0.717) is 43.7 Å². The van der Waals surface area contributed by atoms with E-state index in [1.165, 1.54) is 19.3 Å². The first kappa shape index (κ1) is 25.3. The van der Waals surface area contributed by atoms with E-state index < -0.39 is 0 Å². The average molecular weight is 563 g/mol. The number of nitrogens with zero attached hydrogens (tertiary/aromatic N) is 3. The van der Waals surface area contributed by atoms with E-state index in [9.17, 15) is 9.59 Å².